The van der Waals surface area contributed by atoms with Crippen molar-refractivity contribution in [2.24, 2.45) is 0 Å². The summed E-state index contributed by atoms with van der Waals surface area (Å²) in [5.41, 5.74) is 0. The second-order valence-corrected chi connectivity index (χ2v) is 2.82. The highest BCUT2D eigenvalue weighted by Gasteiger charge is 2.04. The van der Waals surface area contributed by atoms with Crippen LogP contribution in [0.15, 0.2) is 12.2 Å². The van der Waals surface area contributed by atoms with Gasteiger partial charge in [0.05, 0.1) is 0 Å². The standard InChI is InChI=1S/C5H9NO.C4H4O4/c7-5-3-1-2-4-6-5;5-3(6)1-2-4(7)8/h1-4H2,(H,6,7);1-2H,(H,5,6)(H,7,8)/b;2-1-. The maximum atomic E-state index is 10.4. The second kappa shape index (κ2) is 7.54. The van der Waals surface area contributed by atoms with Gasteiger partial charge < -0.3 is 15.5 Å². The molecule has 15 heavy (non-hydrogen) atoms. The van der Waals surface area contributed by atoms with E-state index in [1.54, 1.807) is 0 Å². The highest BCUT2D eigenvalue weighted by Crippen LogP contribution is 1.98. The fraction of sp³-hybridized carbons (Fsp3) is 0.444. The van der Waals surface area contributed by atoms with Crippen molar-refractivity contribution in [1.29, 1.82) is 0 Å². The number of aliphatic carboxylic acids is 2. The van der Waals surface area contributed by atoms with Gasteiger partial charge in [0.25, 0.3) is 0 Å². The Labute approximate surface area is 86.6 Å². The Hall–Kier alpha value is -1.85. The molecule has 0 aromatic rings. The predicted octanol–water partition coefficient (Wildman–Crippen LogP) is -0.00170. The highest BCUT2D eigenvalue weighted by atomic mass is 16.4. The Morgan fingerprint density at radius 1 is 1.13 bits per heavy atom. The number of rotatable bonds is 2. The average Bonchev–Trinajstić information content (AvgIpc) is 2.17. The Kier molecular flexibility index (Phi) is 6.61. The van der Waals surface area contributed by atoms with Crippen LogP contribution in [-0.4, -0.2) is 34.6 Å². The minimum Gasteiger partial charge on any atom is -0.478 e. The molecule has 0 atom stereocenters. The zero-order valence-electron chi connectivity index (χ0n) is 8.10. The van der Waals surface area contributed by atoms with Gasteiger partial charge in [0, 0.05) is 25.1 Å². The molecule has 1 heterocycles. The van der Waals surface area contributed by atoms with E-state index in [2.05, 4.69) is 5.32 Å². The van der Waals surface area contributed by atoms with Gasteiger partial charge in [0.2, 0.25) is 5.91 Å². The van der Waals surface area contributed by atoms with Gasteiger partial charge in [0.1, 0.15) is 0 Å². The van der Waals surface area contributed by atoms with E-state index in [0.29, 0.717) is 12.2 Å². The van der Waals surface area contributed by atoms with Crippen LogP contribution in [0.5, 0.6) is 0 Å². The summed E-state index contributed by atoms with van der Waals surface area (Å²) in [6.45, 7) is 0.888. The number of piperidine rings is 1. The lowest BCUT2D eigenvalue weighted by Crippen LogP contribution is -2.28. The molecule has 6 heteroatoms. The van der Waals surface area contributed by atoms with Crippen LogP contribution in [0.1, 0.15) is 19.3 Å². The van der Waals surface area contributed by atoms with Crippen molar-refractivity contribution in [3.63, 3.8) is 0 Å². The third-order valence-electron chi connectivity index (χ3n) is 1.52. The lowest BCUT2D eigenvalue weighted by molar-refractivity contribution is -0.134. The summed E-state index contributed by atoms with van der Waals surface area (Å²) in [7, 11) is 0. The van der Waals surface area contributed by atoms with Gasteiger partial charge in [-0.15, -0.1) is 0 Å². The van der Waals surface area contributed by atoms with Gasteiger partial charge in [-0.25, -0.2) is 9.59 Å². The number of hydrogen-bond donors (Lipinski definition) is 3. The summed E-state index contributed by atoms with van der Waals surface area (Å²) >= 11 is 0. The second-order valence-electron chi connectivity index (χ2n) is 2.82. The zero-order valence-corrected chi connectivity index (χ0v) is 8.10. The molecule has 1 amide bonds. The first-order valence-electron chi connectivity index (χ1n) is 4.43. The van der Waals surface area contributed by atoms with E-state index in [-0.39, 0.29) is 5.91 Å². The number of carbonyl (C=O) groups is 3. The molecular formula is C9H13NO5. The summed E-state index contributed by atoms with van der Waals surface area (Å²) in [6.07, 6.45) is 4.09. The lowest BCUT2D eigenvalue weighted by Gasteiger charge is -2.08. The van der Waals surface area contributed by atoms with Crippen LogP contribution >= 0.6 is 0 Å². The average molecular weight is 215 g/mol. The van der Waals surface area contributed by atoms with Crippen molar-refractivity contribution < 1.29 is 24.6 Å². The van der Waals surface area contributed by atoms with Gasteiger partial charge in [-0.05, 0) is 12.8 Å². The minimum atomic E-state index is -1.26. The molecule has 0 saturated carbocycles. The molecule has 3 N–H and O–H groups in total. The quantitative estimate of drug-likeness (QED) is 0.562. The topological polar surface area (TPSA) is 104 Å². The Balaban J connectivity index is 0.000000262. The molecular weight excluding hydrogens is 202 g/mol. The first-order chi connectivity index (χ1) is 7.02. The van der Waals surface area contributed by atoms with Crippen LogP contribution in [0.25, 0.3) is 0 Å². The van der Waals surface area contributed by atoms with Gasteiger partial charge in [-0.2, -0.15) is 0 Å². The predicted molar refractivity (Wildman–Crippen MR) is 51.3 cm³/mol. The molecule has 0 spiro atoms. The number of carboxylic acid groups (broad SMARTS) is 2. The van der Waals surface area contributed by atoms with Crippen molar-refractivity contribution in [3.8, 4) is 0 Å². The van der Waals surface area contributed by atoms with Crippen LogP contribution in [-0.2, 0) is 14.4 Å². The fourth-order valence-electron chi connectivity index (χ4n) is 0.869. The third-order valence-corrected chi connectivity index (χ3v) is 1.52. The van der Waals surface area contributed by atoms with E-state index in [0.717, 1.165) is 25.8 Å². The Morgan fingerprint density at radius 2 is 1.67 bits per heavy atom. The lowest BCUT2D eigenvalue weighted by atomic mass is 10.2. The van der Waals surface area contributed by atoms with Crippen molar-refractivity contribution in [2.45, 2.75) is 19.3 Å². The highest BCUT2D eigenvalue weighted by molar-refractivity contribution is 5.89. The van der Waals surface area contributed by atoms with Crippen LogP contribution in [0.3, 0.4) is 0 Å². The van der Waals surface area contributed by atoms with Crippen LogP contribution in [0.4, 0.5) is 0 Å². The summed E-state index contributed by atoms with van der Waals surface area (Å²) in [5, 5.41) is 18.4. The first kappa shape index (κ1) is 13.2. The van der Waals surface area contributed by atoms with E-state index in [4.69, 9.17) is 10.2 Å². The molecule has 1 saturated heterocycles. The number of carboxylic acids is 2. The summed E-state index contributed by atoms with van der Waals surface area (Å²) in [5.74, 6) is -2.30. The van der Waals surface area contributed by atoms with E-state index in [1.165, 1.54) is 0 Å². The third kappa shape index (κ3) is 10.1. The number of amides is 1. The Morgan fingerprint density at radius 3 is 1.87 bits per heavy atom. The van der Waals surface area contributed by atoms with Crippen LogP contribution in [0, 0.1) is 0 Å². The Bertz CT molecular complexity index is 248. The van der Waals surface area contributed by atoms with Crippen molar-refractivity contribution in [3.05, 3.63) is 12.2 Å². The number of carbonyl (C=O) groups excluding carboxylic acids is 1. The van der Waals surface area contributed by atoms with E-state index in [1.807, 2.05) is 0 Å². The summed E-state index contributed by atoms with van der Waals surface area (Å²) < 4.78 is 0. The normalized spacial score (nSPS) is 15.1. The van der Waals surface area contributed by atoms with Crippen molar-refractivity contribution in [2.75, 3.05) is 6.54 Å². The molecule has 1 aliphatic heterocycles. The molecule has 1 aliphatic rings. The van der Waals surface area contributed by atoms with E-state index < -0.39 is 11.9 Å². The minimum absolute atomic E-state index is 0.214. The summed E-state index contributed by atoms with van der Waals surface area (Å²) in [4.78, 5) is 29.5. The molecule has 0 unspecified atom stereocenters. The molecule has 1 fully saturated rings. The van der Waals surface area contributed by atoms with Crippen LogP contribution in [0.2, 0.25) is 0 Å². The van der Waals surface area contributed by atoms with E-state index in [9.17, 15) is 14.4 Å². The molecule has 1 rings (SSSR count). The van der Waals surface area contributed by atoms with Gasteiger partial charge in [0.15, 0.2) is 0 Å². The molecule has 0 bridgehead atoms. The van der Waals surface area contributed by atoms with Gasteiger partial charge in [-0.1, -0.05) is 0 Å². The smallest absolute Gasteiger partial charge is 0.328 e. The maximum absolute atomic E-state index is 10.4. The van der Waals surface area contributed by atoms with Gasteiger partial charge in [-0.3, -0.25) is 4.79 Å². The monoisotopic (exact) mass is 215 g/mol. The summed E-state index contributed by atoms with van der Waals surface area (Å²) in [6, 6.07) is 0. The molecule has 84 valence electrons. The SMILES string of the molecule is O=C(O)/C=C\C(=O)O.O=C1CCCCN1. The largest absolute Gasteiger partial charge is 0.478 e. The molecule has 0 aromatic carbocycles. The molecule has 0 aromatic heterocycles. The molecule has 0 aliphatic carbocycles. The maximum Gasteiger partial charge on any atom is 0.328 e. The van der Waals surface area contributed by atoms with Crippen molar-refractivity contribution >= 4 is 17.8 Å². The fourth-order valence-corrected chi connectivity index (χ4v) is 0.869. The first-order valence-corrected chi connectivity index (χ1v) is 4.43. The number of hydrogen-bond acceptors (Lipinski definition) is 3. The van der Waals surface area contributed by atoms with E-state index >= 15 is 0 Å². The zero-order chi connectivity index (χ0) is 11.7. The van der Waals surface area contributed by atoms with Crippen LogP contribution < -0.4 is 5.32 Å². The molecule has 6 nitrogen and oxygen atoms in total. The number of nitrogens with one attached hydrogen (secondary N) is 1. The van der Waals surface area contributed by atoms with Gasteiger partial charge >= 0.3 is 11.9 Å². The van der Waals surface area contributed by atoms with Crippen molar-refractivity contribution in [1.82, 2.24) is 5.32 Å². The molecule has 0 radical (unpaired) electrons.